The topological polar surface area (TPSA) is 41.6 Å². The second kappa shape index (κ2) is 8.76. The molecule has 1 spiro atoms. The van der Waals surface area contributed by atoms with Crippen LogP contribution in [0.15, 0.2) is 47.4 Å². The minimum absolute atomic E-state index is 0.0178. The molecule has 0 radical (unpaired) electrons. The third-order valence-electron chi connectivity index (χ3n) is 5.68. The van der Waals surface area contributed by atoms with Crippen molar-refractivity contribution in [2.45, 2.75) is 35.8 Å². The van der Waals surface area contributed by atoms with Gasteiger partial charge in [0.15, 0.2) is 0 Å². The third kappa shape index (κ3) is 4.85. The molecule has 4 nitrogen and oxygen atoms in total. The van der Waals surface area contributed by atoms with E-state index >= 15 is 0 Å². The summed E-state index contributed by atoms with van der Waals surface area (Å²) in [4.78, 5) is 15.9. The molecule has 1 saturated heterocycles. The van der Waals surface area contributed by atoms with Gasteiger partial charge in [0.05, 0.1) is 16.8 Å². The number of nitrogens with one attached hydrogen (secondary N) is 1. The highest BCUT2D eigenvalue weighted by molar-refractivity contribution is 8.00. The molecular weight excluding hydrogens is 427 g/mol. The van der Waals surface area contributed by atoms with E-state index in [0.29, 0.717) is 10.0 Å². The van der Waals surface area contributed by atoms with Gasteiger partial charge in [-0.2, -0.15) is 0 Å². The summed E-state index contributed by atoms with van der Waals surface area (Å²) >= 11 is 13.7. The van der Waals surface area contributed by atoms with Gasteiger partial charge >= 0.3 is 0 Å². The molecule has 7 heteroatoms. The van der Waals surface area contributed by atoms with Gasteiger partial charge in [-0.3, -0.25) is 4.79 Å². The minimum atomic E-state index is -0.206. The lowest BCUT2D eigenvalue weighted by Crippen LogP contribution is -2.51. The molecule has 2 aliphatic rings. The lowest BCUT2D eigenvalue weighted by Gasteiger charge is -2.46. The first-order chi connectivity index (χ1) is 13.9. The van der Waals surface area contributed by atoms with E-state index in [9.17, 15) is 4.79 Å². The van der Waals surface area contributed by atoms with E-state index in [1.54, 1.807) is 18.2 Å². The zero-order valence-electron chi connectivity index (χ0n) is 16.3. The lowest BCUT2D eigenvalue weighted by molar-refractivity contribution is -0.120. The molecular formula is C22H24Cl2N2O2S. The molecule has 2 aromatic rings. The van der Waals surface area contributed by atoms with Crippen molar-refractivity contribution in [3.05, 3.63) is 58.1 Å². The van der Waals surface area contributed by atoms with Crippen LogP contribution in [0.3, 0.4) is 0 Å². The number of halogens is 2. The average molecular weight is 451 g/mol. The number of carbonyl (C=O) groups excluding carboxylic acids is 1. The number of amides is 1. The Labute approximate surface area is 185 Å². The predicted molar refractivity (Wildman–Crippen MR) is 119 cm³/mol. The molecule has 1 amide bonds. The van der Waals surface area contributed by atoms with E-state index in [1.807, 2.05) is 24.3 Å². The molecule has 1 unspecified atom stereocenters. The maximum Gasteiger partial charge on any atom is 0.230 e. The normalized spacial score (nSPS) is 20.7. The van der Waals surface area contributed by atoms with Crippen molar-refractivity contribution in [3.63, 3.8) is 0 Å². The van der Waals surface area contributed by atoms with E-state index in [-0.39, 0.29) is 23.3 Å². The number of hydrogen-bond acceptors (Lipinski definition) is 4. The molecule has 4 rings (SSSR count). The molecule has 2 aromatic carbocycles. The number of rotatable bonds is 4. The summed E-state index contributed by atoms with van der Waals surface area (Å²) in [6, 6.07) is 13.3. The number of carbonyl (C=O) groups is 1. The molecule has 29 heavy (non-hydrogen) atoms. The number of ether oxygens (including phenoxy) is 1. The van der Waals surface area contributed by atoms with Gasteiger partial charge in [-0.25, -0.2) is 0 Å². The molecule has 1 N–H and O–H groups in total. The van der Waals surface area contributed by atoms with E-state index in [2.05, 4.69) is 17.3 Å². The number of thioether (sulfide) groups is 1. The summed E-state index contributed by atoms with van der Waals surface area (Å²) in [5, 5.41) is 4.45. The van der Waals surface area contributed by atoms with Crippen LogP contribution in [0.5, 0.6) is 5.75 Å². The Kier molecular flexibility index (Phi) is 6.30. The van der Waals surface area contributed by atoms with Crippen LogP contribution in [-0.4, -0.2) is 42.3 Å². The molecule has 1 atom stereocenters. The van der Waals surface area contributed by atoms with Gasteiger partial charge in [-0.1, -0.05) is 41.4 Å². The zero-order valence-corrected chi connectivity index (χ0v) is 18.6. The summed E-state index contributed by atoms with van der Waals surface area (Å²) in [6.45, 7) is 2.01. The second-order valence-electron chi connectivity index (χ2n) is 7.81. The Morgan fingerprint density at radius 2 is 2.00 bits per heavy atom. The van der Waals surface area contributed by atoms with Gasteiger partial charge in [0.2, 0.25) is 5.91 Å². The smallest absolute Gasteiger partial charge is 0.230 e. The number of fused-ring (bicyclic) bond motifs is 1. The highest BCUT2D eigenvalue weighted by atomic mass is 35.5. The van der Waals surface area contributed by atoms with Crippen LogP contribution < -0.4 is 10.1 Å². The molecule has 1 fully saturated rings. The standard InChI is InChI=1S/C22H24Cl2N2O2S/c1-26-10-8-22(9-11-26)13-18(16-4-2-3-5-19(16)28-22)25-21(27)14-29-20-12-15(23)6-7-17(20)24/h2-7,12,18H,8-11,13-14H2,1H3,(H,25,27). The van der Waals surface area contributed by atoms with Crippen molar-refractivity contribution >= 4 is 40.9 Å². The van der Waals surface area contributed by atoms with Crippen LogP contribution in [0.1, 0.15) is 30.9 Å². The Morgan fingerprint density at radius 1 is 1.24 bits per heavy atom. The van der Waals surface area contributed by atoms with Crippen LogP contribution in [-0.2, 0) is 4.79 Å². The first-order valence-corrected chi connectivity index (χ1v) is 11.5. The van der Waals surface area contributed by atoms with E-state index in [1.165, 1.54) is 11.8 Å². The first kappa shape index (κ1) is 20.9. The second-order valence-corrected chi connectivity index (χ2v) is 9.67. The molecule has 0 aromatic heterocycles. The fourth-order valence-electron chi connectivity index (χ4n) is 4.05. The zero-order chi connectivity index (χ0) is 20.4. The molecule has 0 aliphatic carbocycles. The summed E-state index contributed by atoms with van der Waals surface area (Å²) in [7, 11) is 2.14. The molecule has 2 heterocycles. The Morgan fingerprint density at radius 3 is 2.79 bits per heavy atom. The van der Waals surface area contributed by atoms with Crippen molar-refractivity contribution in [2.75, 3.05) is 25.9 Å². The molecule has 0 saturated carbocycles. The maximum absolute atomic E-state index is 12.8. The van der Waals surface area contributed by atoms with E-state index in [0.717, 1.165) is 48.6 Å². The van der Waals surface area contributed by atoms with Gasteiger partial charge in [-0.15, -0.1) is 11.8 Å². The van der Waals surface area contributed by atoms with E-state index in [4.69, 9.17) is 27.9 Å². The summed E-state index contributed by atoms with van der Waals surface area (Å²) in [6.07, 6.45) is 2.74. The predicted octanol–water partition coefficient (Wildman–Crippen LogP) is 5.19. The highest BCUT2D eigenvalue weighted by Crippen LogP contribution is 2.44. The van der Waals surface area contributed by atoms with Gasteiger partial charge in [-0.05, 0) is 44.2 Å². The van der Waals surface area contributed by atoms with Crippen molar-refractivity contribution in [1.82, 2.24) is 10.2 Å². The number of nitrogens with zero attached hydrogens (tertiary/aromatic N) is 1. The van der Waals surface area contributed by atoms with Gasteiger partial charge in [0, 0.05) is 35.0 Å². The van der Waals surface area contributed by atoms with Crippen molar-refractivity contribution in [1.29, 1.82) is 0 Å². The highest BCUT2D eigenvalue weighted by Gasteiger charge is 2.43. The van der Waals surface area contributed by atoms with Crippen LogP contribution in [0.4, 0.5) is 0 Å². The van der Waals surface area contributed by atoms with Crippen molar-refractivity contribution in [3.8, 4) is 5.75 Å². The molecule has 154 valence electrons. The van der Waals surface area contributed by atoms with Gasteiger partial charge < -0.3 is 15.0 Å². The van der Waals surface area contributed by atoms with Crippen molar-refractivity contribution < 1.29 is 9.53 Å². The Hall–Kier alpha value is -1.40. The summed E-state index contributed by atoms with van der Waals surface area (Å²) in [5.41, 5.74) is 0.846. The van der Waals surface area contributed by atoms with Gasteiger partial charge in [0.1, 0.15) is 11.4 Å². The number of likely N-dealkylation sites (tertiary alicyclic amines) is 1. The first-order valence-electron chi connectivity index (χ1n) is 9.78. The third-order valence-corrected chi connectivity index (χ3v) is 7.41. The van der Waals surface area contributed by atoms with E-state index < -0.39 is 0 Å². The summed E-state index contributed by atoms with van der Waals surface area (Å²) in [5.74, 6) is 1.16. The molecule has 0 bridgehead atoms. The quantitative estimate of drug-likeness (QED) is 0.650. The Bertz CT molecular complexity index is 900. The van der Waals surface area contributed by atoms with Crippen molar-refractivity contribution in [2.24, 2.45) is 0 Å². The number of benzene rings is 2. The SMILES string of the molecule is CN1CCC2(CC1)CC(NC(=O)CSc1cc(Cl)ccc1Cl)c1ccccc1O2. The fraction of sp³-hybridized carbons (Fsp3) is 0.409. The fourth-order valence-corrected chi connectivity index (χ4v) is 5.35. The van der Waals surface area contributed by atoms with Crippen LogP contribution >= 0.6 is 35.0 Å². The van der Waals surface area contributed by atoms with Gasteiger partial charge in [0.25, 0.3) is 0 Å². The monoisotopic (exact) mass is 450 g/mol. The van der Waals surface area contributed by atoms with Crippen LogP contribution in [0, 0.1) is 0 Å². The lowest BCUT2D eigenvalue weighted by atomic mass is 9.80. The Balaban J connectivity index is 1.46. The number of piperidine rings is 1. The largest absolute Gasteiger partial charge is 0.487 e. The molecule has 2 aliphatic heterocycles. The average Bonchev–Trinajstić information content (AvgIpc) is 2.71. The number of para-hydroxylation sites is 1. The minimum Gasteiger partial charge on any atom is -0.487 e. The number of hydrogen-bond donors (Lipinski definition) is 1. The summed E-state index contributed by atoms with van der Waals surface area (Å²) < 4.78 is 6.46. The van der Waals surface area contributed by atoms with Crippen LogP contribution in [0.25, 0.3) is 0 Å². The van der Waals surface area contributed by atoms with Crippen LogP contribution in [0.2, 0.25) is 10.0 Å². The maximum atomic E-state index is 12.8.